The maximum atomic E-state index is 12.5. The van der Waals surface area contributed by atoms with Gasteiger partial charge in [0.05, 0.1) is 6.10 Å². The predicted octanol–water partition coefficient (Wildman–Crippen LogP) is 2.23. The van der Waals surface area contributed by atoms with Crippen LogP contribution in [-0.4, -0.2) is 62.3 Å². The van der Waals surface area contributed by atoms with Gasteiger partial charge in [-0.2, -0.15) is 0 Å². The first-order chi connectivity index (χ1) is 11.0. The fourth-order valence-electron chi connectivity index (χ4n) is 4.43. The fraction of sp³-hybridized carbons (Fsp3) is 0.944. The van der Waals surface area contributed by atoms with Crippen molar-refractivity contribution >= 4 is 30.7 Å². The zero-order valence-corrected chi connectivity index (χ0v) is 17.4. The third kappa shape index (κ3) is 5.23. The molecule has 3 aliphatic rings. The number of hydrogen-bond donors (Lipinski definition) is 2. The lowest BCUT2D eigenvalue weighted by atomic mass is 9.91. The molecule has 3 fully saturated rings. The van der Waals surface area contributed by atoms with Gasteiger partial charge in [-0.1, -0.05) is 0 Å². The summed E-state index contributed by atoms with van der Waals surface area (Å²) in [4.78, 5) is 15.0. The molecule has 0 aromatic heterocycles. The van der Waals surface area contributed by atoms with E-state index in [1.165, 1.54) is 12.8 Å². The van der Waals surface area contributed by atoms with E-state index >= 15 is 0 Å². The average molecular weight is 396 g/mol. The molecule has 0 aromatic rings. The van der Waals surface area contributed by atoms with Crippen LogP contribution in [0.15, 0.2) is 0 Å². The van der Waals surface area contributed by atoms with Crippen LogP contribution in [0.25, 0.3) is 0 Å². The van der Waals surface area contributed by atoms with Gasteiger partial charge >= 0.3 is 0 Å². The Bertz CT molecular complexity index is 434. The number of halogens is 2. The third-order valence-electron chi connectivity index (χ3n) is 6.43. The van der Waals surface area contributed by atoms with E-state index < -0.39 is 0 Å². The Labute approximate surface area is 164 Å². The van der Waals surface area contributed by atoms with Gasteiger partial charge in [-0.05, 0) is 64.5 Å². The normalized spacial score (nSPS) is 26.4. The van der Waals surface area contributed by atoms with Crippen molar-refractivity contribution in [2.75, 3.05) is 39.8 Å². The number of nitrogens with one attached hydrogen (secondary N) is 2. The minimum atomic E-state index is 0. The second-order valence-electron chi connectivity index (χ2n) is 8.32. The molecule has 2 heterocycles. The molecular formula is C18H35Cl2N3O2. The largest absolute Gasteiger partial charge is 0.381 e. The molecule has 148 valence electrons. The van der Waals surface area contributed by atoms with Gasteiger partial charge in [-0.15, -0.1) is 24.8 Å². The highest BCUT2D eigenvalue weighted by atomic mass is 35.5. The third-order valence-corrected chi connectivity index (χ3v) is 6.43. The molecule has 2 aliphatic heterocycles. The standard InChI is InChI=1S/C18H33N3O2.2ClH/c1-17(2,21-10-4-14(23-3)5-11-21)13-20-16(22)15-12-18(15)6-8-19-9-7-18;;/h14-15,19H,4-13H2,1-3H3,(H,20,22);2*1H. The number of likely N-dealkylation sites (tertiary alicyclic amines) is 1. The summed E-state index contributed by atoms with van der Waals surface area (Å²) in [5.74, 6) is 0.548. The zero-order chi connectivity index (χ0) is 16.5. The molecule has 1 amide bonds. The molecule has 1 aliphatic carbocycles. The molecular weight excluding hydrogens is 361 g/mol. The maximum Gasteiger partial charge on any atom is 0.223 e. The lowest BCUT2D eigenvalue weighted by molar-refractivity contribution is -0.124. The molecule has 1 spiro atoms. The quantitative estimate of drug-likeness (QED) is 0.749. The van der Waals surface area contributed by atoms with E-state index in [1.807, 2.05) is 0 Å². The number of carbonyl (C=O) groups is 1. The van der Waals surface area contributed by atoms with Crippen LogP contribution in [0.4, 0.5) is 0 Å². The van der Waals surface area contributed by atoms with Gasteiger partial charge in [-0.3, -0.25) is 9.69 Å². The molecule has 2 N–H and O–H groups in total. The summed E-state index contributed by atoms with van der Waals surface area (Å²) in [6.45, 7) is 9.49. The second kappa shape index (κ2) is 9.23. The van der Waals surface area contributed by atoms with Gasteiger partial charge in [-0.25, -0.2) is 0 Å². The molecule has 0 bridgehead atoms. The summed E-state index contributed by atoms with van der Waals surface area (Å²) in [6, 6.07) is 0. The monoisotopic (exact) mass is 395 g/mol. The summed E-state index contributed by atoms with van der Waals surface area (Å²) in [7, 11) is 1.80. The van der Waals surface area contributed by atoms with Crippen molar-refractivity contribution < 1.29 is 9.53 Å². The molecule has 2 saturated heterocycles. The number of carbonyl (C=O) groups excluding carboxylic acids is 1. The Morgan fingerprint density at radius 1 is 1.24 bits per heavy atom. The maximum absolute atomic E-state index is 12.5. The topological polar surface area (TPSA) is 53.6 Å². The SMILES string of the molecule is COC1CCN(C(C)(C)CNC(=O)C2CC23CCNCC3)CC1.Cl.Cl. The van der Waals surface area contributed by atoms with Gasteiger partial charge < -0.3 is 15.4 Å². The minimum Gasteiger partial charge on any atom is -0.381 e. The highest BCUT2D eigenvalue weighted by molar-refractivity contribution is 5.85. The molecule has 7 heteroatoms. The number of piperidine rings is 2. The highest BCUT2D eigenvalue weighted by Crippen LogP contribution is 2.58. The van der Waals surface area contributed by atoms with Crippen molar-refractivity contribution in [2.45, 2.75) is 57.6 Å². The van der Waals surface area contributed by atoms with E-state index in [1.54, 1.807) is 7.11 Å². The molecule has 25 heavy (non-hydrogen) atoms. The van der Waals surface area contributed by atoms with Crippen molar-refractivity contribution in [1.82, 2.24) is 15.5 Å². The Morgan fingerprint density at radius 3 is 2.40 bits per heavy atom. The summed E-state index contributed by atoms with van der Waals surface area (Å²) in [6.07, 6.45) is 6.01. The summed E-state index contributed by atoms with van der Waals surface area (Å²) in [5, 5.41) is 6.65. The first kappa shape index (κ1) is 23.0. The molecule has 5 nitrogen and oxygen atoms in total. The van der Waals surface area contributed by atoms with Crippen LogP contribution in [0.2, 0.25) is 0 Å². The number of hydrogen-bond acceptors (Lipinski definition) is 4. The van der Waals surface area contributed by atoms with E-state index in [4.69, 9.17) is 4.74 Å². The van der Waals surface area contributed by atoms with Crippen molar-refractivity contribution in [3.05, 3.63) is 0 Å². The number of nitrogens with zero attached hydrogens (tertiary/aromatic N) is 1. The average Bonchev–Trinajstić information content (AvgIpc) is 3.26. The Balaban J connectivity index is 0.00000156. The van der Waals surface area contributed by atoms with Crippen LogP contribution >= 0.6 is 24.8 Å². The van der Waals surface area contributed by atoms with Crippen LogP contribution in [0.5, 0.6) is 0 Å². The van der Waals surface area contributed by atoms with Crippen LogP contribution in [0.1, 0.15) is 46.0 Å². The van der Waals surface area contributed by atoms with Crippen LogP contribution < -0.4 is 10.6 Å². The lowest BCUT2D eigenvalue weighted by Crippen LogP contribution is -2.55. The van der Waals surface area contributed by atoms with Crippen LogP contribution in [-0.2, 0) is 9.53 Å². The number of amides is 1. The van der Waals surface area contributed by atoms with Gasteiger partial charge in [0.1, 0.15) is 0 Å². The number of methoxy groups -OCH3 is 1. The molecule has 0 aromatic carbocycles. The lowest BCUT2D eigenvalue weighted by Gasteiger charge is -2.42. The fourth-order valence-corrected chi connectivity index (χ4v) is 4.43. The number of ether oxygens (including phenoxy) is 1. The summed E-state index contributed by atoms with van der Waals surface area (Å²) >= 11 is 0. The second-order valence-corrected chi connectivity index (χ2v) is 8.32. The Morgan fingerprint density at radius 2 is 1.84 bits per heavy atom. The van der Waals surface area contributed by atoms with Gasteiger partial charge in [0.2, 0.25) is 5.91 Å². The van der Waals surface area contributed by atoms with E-state index in [-0.39, 0.29) is 42.2 Å². The van der Waals surface area contributed by atoms with E-state index in [9.17, 15) is 4.79 Å². The first-order valence-corrected chi connectivity index (χ1v) is 9.23. The van der Waals surface area contributed by atoms with E-state index in [2.05, 4.69) is 29.4 Å². The van der Waals surface area contributed by atoms with E-state index in [0.717, 1.165) is 52.0 Å². The Hall–Kier alpha value is -0.0700. The van der Waals surface area contributed by atoms with Crippen molar-refractivity contribution in [3.63, 3.8) is 0 Å². The molecule has 0 radical (unpaired) electrons. The Kier molecular flexibility index (Phi) is 8.48. The van der Waals surface area contributed by atoms with Crippen molar-refractivity contribution in [1.29, 1.82) is 0 Å². The molecule has 3 rings (SSSR count). The van der Waals surface area contributed by atoms with E-state index in [0.29, 0.717) is 11.5 Å². The van der Waals surface area contributed by atoms with Gasteiger partial charge in [0.15, 0.2) is 0 Å². The highest BCUT2D eigenvalue weighted by Gasteiger charge is 2.57. The zero-order valence-electron chi connectivity index (χ0n) is 15.8. The minimum absolute atomic E-state index is 0. The molecule has 1 atom stereocenters. The van der Waals surface area contributed by atoms with Gasteiger partial charge in [0.25, 0.3) is 0 Å². The summed E-state index contributed by atoms with van der Waals surface area (Å²) in [5.41, 5.74) is 0.348. The summed E-state index contributed by atoms with van der Waals surface area (Å²) < 4.78 is 5.45. The van der Waals surface area contributed by atoms with Crippen molar-refractivity contribution in [3.8, 4) is 0 Å². The van der Waals surface area contributed by atoms with Crippen LogP contribution in [0.3, 0.4) is 0 Å². The number of rotatable bonds is 5. The van der Waals surface area contributed by atoms with Gasteiger partial charge in [0, 0.05) is 38.2 Å². The smallest absolute Gasteiger partial charge is 0.223 e. The van der Waals surface area contributed by atoms with Crippen molar-refractivity contribution in [2.24, 2.45) is 11.3 Å². The molecule has 1 saturated carbocycles. The molecule has 1 unspecified atom stereocenters. The van der Waals surface area contributed by atoms with Crippen LogP contribution in [0, 0.1) is 11.3 Å². The predicted molar refractivity (Wildman–Crippen MR) is 106 cm³/mol. The first-order valence-electron chi connectivity index (χ1n) is 9.23.